The second kappa shape index (κ2) is 6.22. The summed E-state index contributed by atoms with van der Waals surface area (Å²) >= 11 is 0. The maximum atomic E-state index is 11.4. The third-order valence-corrected chi connectivity index (χ3v) is 2.06. The molecule has 0 aromatic heterocycles. The first kappa shape index (κ1) is 12.7. The Morgan fingerprint density at radius 3 is 2.77 bits per heavy atom. The molecule has 1 heterocycles. The monoisotopic (exact) mass is 206 g/mol. The average Bonchev–Trinajstić information content (AvgIpc) is 2.51. The van der Waals surface area contributed by atoms with Gasteiger partial charge in [-0.25, -0.2) is 0 Å². The quantitative estimate of drug-likeness (QED) is 0.722. The predicted molar refractivity (Wildman–Crippen MR) is 56.1 cm³/mol. The summed E-state index contributed by atoms with van der Waals surface area (Å²) in [6.45, 7) is 5.97. The lowest BCUT2D eigenvalue weighted by atomic mass is 10.2. The predicted octanol–water partition coefficient (Wildman–Crippen LogP) is 0.932. The van der Waals surface area contributed by atoms with Crippen molar-refractivity contribution >= 4 is 18.3 Å². The molecule has 3 nitrogen and oxygen atoms in total. The first-order valence-electron chi connectivity index (χ1n) is 4.71. The molecule has 1 aliphatic heterocycles. The van der Waals surface area contributed by atoms with Crippen LogP contribution in [0, 0.1) is 5.92 Å². The Hall–Kier alpha value is -0.280. The molecule has 0 saturated carbocycles. The van der Waals surface area contributed by atoms with Gasteiger partial charge in [0, 0.05) is 6.54 Å². The van der Waals surface area contributed by atoms with Crippen LogP contribution in [0.5, 0.6) is 0 Å². The zero-order chi connectivity index (χ0) is 8.97. The van der Waals surface area contributed by atoms with Crippen molar-refractivity contribution in [3.05, 3.63) is 0 Å². The molecule has 78 valence electrons. The average molecular weight is 207 g/mol. The largest absolute Gasteiger partial charge is 0.354 e. The van der Waals surface area contributed by atoms with E-state index in [4.69, 9.17) is 0 Å². The van der Waals surface area contributed by atoms with Gasteiger partial charge in [-0.1, -0.05) is 13.8 Å². The first-order valence-corrected chi connectivity index (χ1v) is 4.71. The Morgan fingerprint density at radius 1 is 1.62 bits per heavy atom. The molecule has 0 aromatic carbocycles. The fourth-order valence-corrected chi connectivity index (χ4v) is 1.34. The van der Waals surface area contributed by atoms with Crippen molar-refractivity contribution in [1.29, 1.82) is 0 Å². The van der Waals surface area contributed by atoms with E-state index in [1.165, 1.54) is 0 Å². The van der Waals surface area contributed by atoms with E-state index < -0.39 is 0 Å². The van der Waals surface area contributed by atoms with Crippen molar-refractivity contribution in [2.45, 2.75) is 32.7 Å². The minimum absolute atomic E-state index is 0. The Kier molecular flexibility index (Phi) is 6.08. The molecule has 1 aliphatic rings. The van der Waals surface area contributed by atoms with Gasteiger partial charge in [-0.2, -0.15) is 0 Å². The number of carbonyl (C=O) groups excluding carboxylic acids is 1. The van der Waals surface area contributed by atoms with E-state index in [2.05, 4.69) is 24.5 Å². The van der Waals surface area contributed by atoms with Crippen molar-refractivity contribution in [2.75, 3.05) is 13.1 Å². The third kappa shape index (κ3) is 4.48. The molecule has 0 aromatic rings. The van der Waals surface area contributed by atoms with Gasteiger partial charge in [0.2, 0.25) is 5.91 Å². The topological polar surface area (TPSA) is 41.1 Å². The standard InChI is InChI=1S/C9H18N2O.ClH/c1-7(2)6-11-9(12)8-4-3-5-10-8;/h7-8,10H,3-6H2,1-2H3,(H,11,12);1H. The second-order valence-electron chi connectivity index (χ2n) is 3.79. The van der Waals surface area contributed by atoms with Gasteiger partial charge in [0.15, 0.2) is 0 Å². The lowest BCUT2D eigenvalue weighted by molar-refractivity contribution is -0.122. The van der Waals surface area contributed by atoms with E-state index in [0.717, 1.165) is 25.9 Å². The molecule has 13 heavy (non-hydrogen) atoms. The van der Waals surface area contributed by atoms with Crippen molar-refractivity contribution in [1.82, 2.24) is 10.6 Å². The minimum Gasteiger partial charge on any atom is -0.354 e. The molecule has 1 unspecified atom stereocenters. The van der Waals surface area contributed by atoms with Crippen LogP contribution in [0.4, 0.5) is 0 Å². The van der Waals surface area contributed by atoms with Crippen molar-refractivity contribution in [3.8, 4) is 0 Å². The van der Waals surface area contributed by atoms with E-state index in [0.29, 0.717) is 5.92 Å². The van der Waals surface area contributed by atoms with Gasteiger partial charge in [0.1, 0.15) is 0 Å². The fourth-order valence-electron chi connectivity index (χ4n) is 1.34. The number of rotatable bonds is 3. The van der Waals surface area contributed by atoms with Gasteiger partial charge in [-0.3, -0.25) is 4.79 Å². The van der Waals surface area contributed by atoms with E-state index in [1.54, 1.807) is 0 Å². The Morgan fingerprint density at radius 2 is 2.31 bits per heavy atom. The Bertz CT molecular complexity index is 156. The van der Waals surface area contributed by atoms with Gasteiger partial charge in [-0.15, -0.1) is 12.4 Å². The molecule has 4 heteroatoms. The Balaban J connectivity index is 0.00000144. The highest BCUT2D eigenvalue weighted by Crippen LogP contribution is 2.04. The molecular weight excluding hydrogens is 188 g/mol. The fraction of sp³-hybridized carbons (Fsp3) is 0.889. The number of carbonyl (C=O) groups is 1. The number of hydrogen-bond donors (Lipinski definition) is 2. The number of halogens is 1. The van der Waals surface area contributed by atoms with Gasteiger partial charge in [0.05, 0.1) is 6.04 Å². The lowest BCUT2D eigenvalue weighted by Gasteiger charge is -2.12. The molecule has 0 bridgehead atoms. The highest BCUT2D eigenvalue weighted by atomic mass is 35.5. The van der Waals surface area contributed by atoms with Crippen LogP contribution in [0.2, 0.25) is 0 Å². The van der Waals surface area contributed by atoms with Crippen LogP contribution in [-0.2, 0) is 4.79 Å². The lowest BCUT2D eigenvalue weighted by Crippen LogP contribution is -2.41. The van der Waals surface area contributed by atoms with E-state index in [9.17, 15) is 4.79 Å². The summed E-state index contributed by atoms with van der Waals surface area (Å²) in [4.78, 5) is 11.4. The molecule has 1 amide bonds. The number of hydrogen-bond acceptors (Lipinski definition) is 2. The SMILES string of the molecule is CC(C)CNC(=O)C1CCCN1.Cl. The molecule has 1 rings (SSSR count). The minimum atomic E-state index is 0. The van der Waals surface area contributed by atoms with E-state index >= 15 is 0 Å². The van der Waals surface area contributed by atoms with Crippen molar-refractivity contribution in [3.63, 3.8) is 0 Å². The van der Waals surface area contributed by atoms with Gasteiger partial charge in [0.25, 0.3) is 0 Å². The maximum Gasteiger partial charge on any atom is 0.237 e. The summed E-state index contributed by atoms with van der Waals surface area (Å²) < 4.78 is 0. The molecule has 0 spiro atoms. The highest BCUT2D eigenvalue weighted by Gasteiger charge is 2.21. The van der Waals surface area contributed by atoms with Crippen LogP contribution < -0.4 is 10.6 Å². The van der Waals surface area contributed by atoms with Gasteiger partial charge >= 0.3 is 0 Å². The zero-order valence-corrected chi connectivity index (χ0v) is 9.12. The molecular formula is C9H19ClN2O. The third-order valence-electron chi connectivity index (χ3n) is 2.06. The van der Waals surface area contributed by atoms with Crippen LogP contribution in [0.15, 0.2) is 0 Å². The van der Waals surface area contributed by atoms with Gasteiger partial charge < -0.3 is 10.6 Å². The molecule has 1 fully saturated rings. The Labute approximate surface area is 86.1 Å². The molecule has 0 radical (unpaired) electrons. The summed E-state index contributed by atoms with van der Waals surface area (Å²) in [6.07, 6.45) is 2.11. The normalized spacial score (nSPS) is 21.3. The second-order valence-corrected chi connectivity index (χ2v) is 3.79. The first-order chi connectivity index (χ1) is 5.70. The molecule has 1 atom stereocenters. The number of amides is 1. The van der Waals surface area contributed by atoms with Gasteiger partial charge in [-0.05, 0) is 25.3 Å². The van der Waals surface area contributed by atoms with Crippen molar-refractivity contribution < 1.29 is 4.79 Å². The molecule has 0 aliphatic carbocycles. The van der Waals surface area contributed by atoms with Crippen LogP contribution in [0.3, 0.4) is 0 Å². The summed E-state index contributed by atoms with van der Waals surface area (Å²) in [5.41, 5.74) is 0. The van der Waals surface area contributed by atoms with E-state index in [1.807, 2.05) is 0 Å². The summed E-state index contributed by atoms with van der Waals surface area (Å²) in [5.74, 6) is 0.705. The maximum absolute atomic E-state index is 11.4. The number of nitrogens with one attached hydrogen (secondary N) is 2. The molecule has 2 N–H and O–H groups in total. The van der Waals surface area contributed by atoms with Crippen LogP contribution in [0.25, 0.3) is 0 Å². The highest BCUT2D eigenvalue weighted by molar-refractivity contribution is 5.85. The zero-order valence-electron chi connectivity index (χ0n) is 8.30. The van der Waals surface area contributed by atoms with Crippen LogP contribution >= 0.6 is 12.4 Å². The summed E-state index contributed by atoms with van der Waals surface area (Å²) in [5, 5.41) is 6.09. The van der Waals surface area contributed by atoms with Crippen molar-refractivity contribution in [2.24, 2.45) is 5.92 Å². The smallest absolute Gasteiger partial charge is 0.237 e. The summed E-state index contributed by atoms with van der Waals surface area (Å²) in [7, 11) is 0. The van der Waals surface area contributed by atoms with Crippen LogP contribution in [-0.4, -0.2) is 25.0 Å². The van der Waals surface area contributed by atoms with E-state index in [-0.39, 0.29) is 24.4 Å². The summed E-state index contributed by atoms with van der Waals surface area (Å²) in [6, 6.07) is 0.0729. The molecule has 1 saturated heterocycles. The van der Waals surface area contributed by atoms with Crippen LogP contribution in [0.1, 0.15) is 26.7 Å².